The first-order valence-corrected chi connectivity index (χ1v) is 5.79. The molecule has 2 aromatic rings. The minimum Gasteiger partial charge on any atom is -0.478 e. The number of benzene rings is 1. The highest BCUT2D eigenvalue weighted by Gasteiger charge is 2.18. The molecule has 0 aliphatic rings. The number of hydrogen-bond donors (Lipinski definition) is 2. The van der Waals surface area contributed by atoms with Gasteiger partial charge in [-0.1, -0.05) is 0 Å². The predicted octanol–water partition coefficient (Wildman–Crippen LogP) is 3.13. The van der Waals surface area contributed by atoms with Gasteiger partial charge < -0.3 is 14.8 Å². The number of anilines is 1. The van der Waals surface area contributed by atoms with Crippen LogP contribution >= 0.6 is 0 Å². The maximum Gasteiger partial charge on any atom is 0.335 e. The van der Waals surface area contributed by atoms with Crippen molar-refractivity contribution < 1.29 is 23.1 Å². The van der Waals surface area contributed by atoms with Crippen molar-refractivity contribution in [3.8, 4) is 0 Å². The molecule has 7 heteroatoms. The number of carboxylic acids is 1. The van der Waals surface area contributed by atoms with E-state index in [1.807, 2.05) is 0 Å². The summed E-state index contributed by atoms with van der Waals surface area (Å²) in [6, 6.07) is 0.936. The normalized spacial score (nSPS) is 12.2. The molecule has 0 aliphatic carbocycles. The SMILES string of the molecule is Cc1cnc(C(C)Nc2c(F)cc(C(=O)O)cc2F)o1. The molecular formula is C13H12F2N2O3. The van der Waals surface area contributed by atoms with Gasteiger partial charge in [-0.3, -0.25) is 0 Å². The molecule has 0 fully saturated rings. The van der Waals surface area contributed by atoms with Crippen molar-refractivity contribution in [3.63, 3.8) is 0 Å². The van der Waals surface area contributed by atoms with Crippen LogP contribution in [0.1, 0.15) is 35.0 Å². The van der Waals surface area contributed by atoms with Gasteiger partial charge in [0.1, 0.15) is 29.1 Å². The van der Waals surface area contributed by atoms with Gasteiger partial charge in [-0.15, -0.1) is 0 Å². The average molecular weight is 282 g/mol. The van der Waals surface area contributed by atoms with Crippen molar-refractivity contribution in [3.05, 3.63) is 47.2 Å². The molecule has 0 saturated heterocycles. The lowest BCUT2D eigenvalue weighted by atomic mass is 10.1. The molecular weight excluding hydrogens is 270 g/mol. The number of aromatic carboxylic acids is 1. The third-order valence-electron chi connectivity index (χ3n) is 2.66. The molecule has 2 N–H and O–H groups in total. The lowest BCUT2D eigenvalue weighted by Gasteiger charge is -2.14. The van der Waals surface area contributed by atoms with E-state index in [0.29, 0.717) is 5.76 Å². The van der Waals surface area contributed by atoms with Gasteiger partial charge in [-0.25, -0.2) is 18.6 Å². The monoisotopic (exact) mass is 282 g/mol. The summed E-state index contributed by atoms with van der Waals surface area (Å²) in [6.45, 7) is 3.32. The second kappa shape index (κ2) is 5.28. The second-order valence-electron chi connectivity index (χ2n) is 4.30. The van der Waals surface area contributed by atoms with E-state index >= 15 is 0 Å². The van der Waals surface area contributed by atoms with Crippen LogP contribution in [0.25, 0.3) is 0 Å². The molecule has 5 nitrogen and oxygen atoms in total. The zero-order chi connectivity index (χ0) is 14.9. The lowest BCUT2D eigenvalue weighted by molar-refractivity contribution is 0.0696. The van der Waals surface area contributed by atoms with Gasteiger partial charge in [0.2, 0.25) is 5.89 Å². The number of hydrogen-bond acceptors (Lipinski definition) is 4. The van der Waals surface area contributed by atoms with E-state index in [9.17, 15) is 13.6 Å². The van der Waals surface area contributed by atoms with Crippen LogP contribution in [0.5, 0.6) is 0 Å². The van der Waals surface area contributed by atoms with Crippen LogP contribution in [-0.4, -0.2) is 16.1 Å². The Kier molecular flexibility index (Phi) is 3.69. The van der Waals surface area contributed by atoms with Gasteiger partial charge in [-0.05, 0) is 26.0 Å². The minimum atomic E-state index is -1.40. The van der Waals surface area contributed by atoms with Gasteiger partial charge in [0.15, 0.2) is 0 Å². The van der Waals surface area contributed by atoms with Gasteiger partial charge in [0.25, 0.3) is 0 Å². The molecule has 0 bridgehead atoms. The molecule has 106 valence electrons. The van der Waals surface area contributed by atoms with Crippen LogP contribution in [0.3, 0.4) is 0 Å². The van der Waals surface area contributed by atoms with Crippen LogP contribution in [0, 0.1) is 18.6 Å². The maximum atomic E-state index is 13.7. The molecule has 1 aromatic carbocycles. The molecule has 0 amide bonds. The first-order chi connectivity index (χ1) is 9.38. The topological polar surface area (TPSA) is 75.4 Å². The molecule has 0 aliphatic heterocycles. The van der Waals surface area contributed by atoms with Crippen molar-refractivity contribution in [2.45, 2.75) is 19.9 Å². The van der Waals surface area contributed by atoms with Crippen LogP contribution < -0.4 is 5.32 Å². The summed E-state index contributed by atoms with van der Waals surface area (Å²) >= 11 is 0. The van der Waals surface area contributed by atoms with E-state index in [0.717, 1.165) is 12.1 Å². The fraction of sp³-hybridized carbons (Fsp3) is 0.231. The van der Waals surface area contributed by atoms with Crippen LogP contribution in [0.15, 0.2) is 22.7 Å². The van der Waals surface area contributed by atoms with Gasteiger partial charge in [0.05, 0.1) is 11.8 Å². The maximum absolute atomic E-state index is 13.7. The average Bonchev–Trinajstić information content (AvgIpc) is 2.80. The predicted molar refractivity (Wildman–Crippen MR) is 66.6 cm³/mol. The molecule has 1 heterocycles. The van der Waals surface area contributed by atoms with Crippen molar-refractivity contribution in [1.29, 1.82) is 0 Å². The van der Waals surface area contributed by atoms with Gasteiger partial charge >= 0.3 is 5.97 Å². The zero-order valence-electron chi connectivity index (χ0n) is 10.8. The van der Waals surface area contributed by atoms with E-state index in [1.165, 1.54) is 6.20 Å². The highest BCUT2D eigenvalue weighted by atomic mass is 19.1. The Bertz CT molecular complexity index is 632. The Morgan fingerprint density at radius 1 is 1.40 bits per heavy atom. The molecule has 1 aromatic heterocycles. The molecule has 2 rings (SSSR count). The Morgan fingerprint density at radius 2 is 2.00 bits per heavy atom. The highest BCUT2D eigenvalue weighted by molar-refractivity contribution is 5.88. The summed E-state index contributed by atoms with van der Waals surface area (Å²) in [6.07, 6.45) is 1.49. The first kappa shape index (κ1) is 14.0. The molecule has 1 unspecified atom stereocenters. The lowest BCUT2D eigenvalue weighted by Crippen LogP contribution is -2.11. The smallest absolute Gasteiger partial charge is 0.335 e. The third kappa shape index (κ3) is 2.76. The fourth-order valence-corrected chi connectivity index (χ4v) is 1.69. The van der Waals surface area contributed by atoms with Crippen LogP contribution in [-0.2, 0) is 0 Å². The summed E-state index contributed by atoms with van der Waals surface area (Å²) in [7, 11) is 0. The highest BCUT2D eigenvalue weighted by Crippen LogP contribution is 2.25. The number of nitrogens with one attached hydrogen (secondary N) is 1. The number of carboxylic acid groups (broad SMARTS) is 1. The number of oxazole rings is 1. The van der Waals surface area contributed by atoms with E-state index in [-0.39, 0.29) is 5.89 Å². The third-order valence-corrected chi connectivity index (χ3v) is 2.66. The van der Waals surface area contributed by atoms with Crippen molar-refractivity contribution >= 4 is 11.7 Å². The largest absolute Gasteiger partial charge is 0.478 e. The summed E-state index contributed by atoms with van der Waals surface area (Å²) in [5.41, 5.74) is -0.872. The zero-order valence-corrected chi connectivity index (χ0v) is 10.8. The first-order valence-electron chi connectivity index (χ1n) is 5.79. The van der Waals surface area contributed by atoms with Crippen LogP contribution in [0.2, 0.25) is 0 Å². The summed E-state index contributed by atoms with van der Waals surface area (Å²) in [4.78, 5) is 14.6. The Hall–Kier alpha value is -2.44. The summed E-state index contributed by atoms with van der Waals surface area (Å²) in [5, 5.41) is 11.3. The van der Waals surface area contributed by atoms with Crippen molar-refractivity contribution in [2.75, 3.05) is 5.32 Å². The molecule has 0 saturated carbocycles. The van der Waals surface area contributed by atoms with Gasteiger partial charge in [0, 0.05) is 0 Å². The molecule has 20 heavy (non-hydrogen) atoms. The second-order valence-corrected chi connectivity index (χ2v) is 4.30. The number of aryl methyl sites for hydroxylation is 1. The minimum absolute atomic E-state index is 0.281. The van der Waals surface area contributed by atoms with Gasteiger partial charge in [-0.2, -0.15) is 0 Å². The van der Waals surface area contributed by atoms with E-state index < -0.39 is 34.9 Å². The number of carbonyl (C=O) groups is 1. The number of halogens is 2. The number of aromatic nitrogens is 1. The van der Waals surface area contributed by atoms with Crippen LogP contribution in [0.4, 0.5) is 14.5 Å². The summed E-state index contributed by atoms with van der Waals surface area (Å²) < 4.78 is 32.7. The number of rotatable bonds is 4. The Morgan fingerprint density at radius 3 is 2.45 bits per heavy atom. The Labute approximate surface area is 113 Å². The molecule has 0 radical (unpaired) electrons. The standard InChI is InChI=1S/C13H12F2N2O3/c1-6-5-16-12(20-6)7(2)17-11-9(14)3-8(13(18)19)4-10(11)15/h3-5,7,17H,1-2H3,(H,18,19). The quantitative estimate of drug-likeness (QED) is 0.901. The Balaban J connectivity index is 2.27. The fourth-order valence-electron chi connectivity index (χ4n) is 1.69. The van der Waals surface area contributed by atoms with Crippen molar-refractivity contribution in [1.82, 2.24) is 4.98 Å². The summed E-state index contributed by atoms with van der Waals surface area (Å²) in [5.74, 6) is -2.51. The van der Waals surface area contributed by atoms with Crippen molar-refractivity contribution in [2.24, 2.45) is 0 Å². The van der Waals surface area contributed by atoms with E-state index in [4.69, 9.17) is 9.52 Å². The number of nitrogens with zero attached hydrogens (tertiary/aromatic N) is 1. The molecule has 0 spiro atoms. The van der Waals surface area contributed by atoms with E-state index in [2.05, 4.69) is 10.3 Å². The molecule has 1 atom stereocenters. The van der Waals surface area contributed by atoms with E-state index in [1.54, 1.807) is 13.8 Å².